The SMILES string of the molecule is CC(C)c1nc2nc(C(N)=O)ccc2n1Cc1ccc(B(O)c2ccccc2)cc1. The van der Waals surface area contributed by atoms with E-state index >= 15 is 0 Å². The van der Waals surface area contributed by atoms with E-state index in [-0.39, 0.29) is 11.6 Å². The van der Waals surface area contributed by atoms with Crippen LogP contribution in [0.15, 0.2) is 66.7 Å². The number of carbonyl (C=O) groups excluding carboxylic acids is 1. The number of benzene rings is 2. The summed E-state index contributed by atoms with van der Waals surface area (Å²) >= 11 is 0. The summed E-state index contributed by atoms with van der Waals surface area (Å²) in [6.07, 6.45) is 0. The zero-order chi connectivity index (χ0) is 21.3. The van der Waals surface area contributed by atoms with Gasteiger partial charge in [-0.2, -0.15) is 0 Å². The van der Waals surface area contributed by atoms with E-state index in [0.29, 0.717) is 12.2 Å². The Morgan fingerprint density at radius 3 is 2.30 bits per heavy atom. The molecular weight excluding hydrogens is 375 g/mol. The summed E-state index contributed by atoms with van der Waals surface area (Å²) in [4.78, 5) is 20.4. The lowest BCUT2D eigenvalue weighted by molar-refractivity contribution is 0.0996. The maximum Gasteiger partial charge on any atom is 0.358 e. The number of primary amides is 1. The minimum atomic E-state index is -0.656. The molecule has 7 heteroatoms. The van der Waals surface area contributed by atoms with Gasteiger partial charge in [0.25, 0.3) is 5.91 Å². The van der Waals surface area contributed by atoms with Crippen LogP contribution in [0.5, 0.6) is 0 Å². The van der Waals surface area contributed by atoms with Crippen molar-refractivity contribution in [3.63, 3.8) is 0 Å². The van der Waals surface area contributed by atoms with Crippen molar-refractivity contribution < 1.29 is 9.82 Å². The number of nitrogens with zero attached hydrogens (tertiary/aromatic N) is 3. The normalized spacial score (nSPS) is 11.2. The number of fused-ring (bicyclic) bond motifs is 1. The van der Waals surface area contributed by atoms with Crippen molar-refractivity contribution in [3.05, 3.63) is 83.8 Å². The van der Waals surface area contributed by atoms with Crippen LogP contribution in [0.25, 0.3) is 11.2 Å². The van der Waals surface area contributed by atoms with Crippen LogP contribution >= 0.6 is 0 Å². The fraction of sp³-hybridized carbons (Fsp3) is 0.174. The van der Waals surface area contributed by atoms with E-state index in [0.717, 1.165) is 27.8 Å². The topological polar surface area (TPSA) is 94.0 Å². The highest BCUT2D eigenvalue weighted by molar-refractivity contribution is 6.78. The van der Waals surface area contributed by atoms with Crippen molar-refractivity contribution in [1.29, 1.82) is 0 Å². The first kappa shape index (κ1) is 19.9. The van der Waals surface area contributed by atoms with Gasteiger partial charge in [0.1, 0.15) is 11.5 Å². The summed E-state index contributed by atoms with van der Waals surface area (Å²) in [7, 11) is 0. The molecule has 2 heterocycles. The third-order valence-electron chi connectivity index (χ3n) is 5.16. The smallest absolute Gasteiger partial charge is 0.358 e. The number of aromatic nitrogens is 3. The lowest BCUT2D eigenvalue weighted by atomic mass is 9.56. The Bertz CT molecular complexity index is 1190. The molecule has 0 radical (unpaired) electrons. The van der Waals surface area contributed by atoms with Crippen molar-refractivity contribution in [2.75, 3.05) is 0 Å². The summed E-state index contributed by atoms with van der Waals surface area (Å²) in [6, 6.07) is 21.0. The first-order valence-corrected chi connectivity index (χ1v) is 9.93. The van der Waals surface area contributed by atoms with E-state index in [2.05, 4.69) is 28.4 Å². The molecule has 0 spiro atoms. The van der Waals surface area contributed by atoms with E-state index in [1.54, 1.807) is 6.07 Å². The standard InChI is InChI=1S/C23H23BN4O2/c1-15(2)23-27-22-20(13-12-19(26-22)21(25)29)28(23)14-16-8-10-18(11-9-16)24(30)17-6-4-3-5-7-17/h3-13,15,30H,14H2,1-2H3,(H2,25,29). The average molecular weight is 398 g/mol. The number of imidazole rings is 1. The highest BCUT2D eigenvalue weighted by atomic mass is 16.2. The van der Waals surface area contributed by atoms with E-state index in [9.17, 15) is 9.82 Å². The number of hydrogen-bond acceptors (Lipinski definition) is 4. The highest BCUT2D eigenvalue weighted by Gasteiger charge is 2.18. The first-order valence-electron chi connectivity index (χ1n) is 9.93. The van der Waals surface area contributed by atoms with Gasteiger partial charge in [-0.25, -0.2) is 9.97 Å². The Balaban J connectivity index is 1.65. The van der Waals surface area contributed by atoms with Crippen molar-refractivity contribution in [1.82, 2.24) is 14.5 Å². The van der Waals surface area contributed by atoms with Crippen LogP contribution in [0.4, 0.5) is 0 Å². The third-order valence-corrected chi connectivity index (χ3v) is 5.16. The van der Waals surface area contributed by atoms with E-state index < -0.39 is 12.8 Å². The maximum atomic E-state index is 11.5. The van der Waals surface area contributed by atoms with Crippen LogP contribution in [-0.4, -0.2) is 32.4 Å². The summed E-state index contributed by atoms with van der Waals surface area (Å²) < 4.78 is 2.11. The number of carbonyl (C=O) groups is 1. The quantitative estimate of drug-likeness (QED) is 0.485. The number of rotatable bonds is 6. The summed E-state index contributed by atoms with van der Waals surface area (Å²) in [5.74, 6) is 0.521. The molecule has 2 aromatic carbocycles. The lowest BCUT2D eigenvalue weighted by Crippen LogP contribution is -2.42. The van der Waals surface area contributed by atoms with Gasteiger partial charge in [-0.3, -0.25) is 4.79 Å². The molecule has 150 valence electrons. The fourth-order valence-electron chi connectivity index (χ4n) is 3.59. The Hall–Kier alpha value is -3.45. The Kier molecular flexibility index (Phi) is 5.38. The van der Waals surface area contributed by atoms with Gasteiger partial charge in [-0.1, -0.05) is 68.4 Å². The van der Waals surface area contributed by atoms with Crippen LogP contribution in [0.1, 0.15) is 41.6 Å². The van der Waals surface area contributed by atoms with Crippen molar-refractivity contribution in [2.45, 2.75) is 26.3 Å². The second-order valence-electron chi connectivity index (χ2n) is 7.67. The average Bonchev–Trinajstić information content (AvgIpc) is 3.12. The van der Waals surface area contributed by atoms with Gasteiger partial charge in [0.15, 0.2) is 5.65 Å². The monoisotopic (exact) mass is 398 g/mol. The Morgan fingerprint density at radius 1 is 1.00 bits per heavy atom. The molecule has 30 heavy (non-hydrogen) atoms. The highest BCUT2D eigenvalue weighted by Crippen LogP contribution is 2.22. The number of pyridine rings is 1. The van der Waals surface area contributed by atoms with Gasteiger partial charge >= 0.3 is 6.92 Å². The van der Waals surface area contributed by atoms with Gasteiger partial charge in [0.2, 0.25) is 0 Å². The minimum Gasteiger partial charge on any atom is -0.443 e. The van der Waals surface area contributed by atoms with Crippen molar-refractivity contribution >= 4 is 34.9 Å². The lowest BCUT2D eigenvalue weighted by Gasteiger charge is -2.13. The van der Waals surface area contributed by atoms with Gasteiger partial charge in [-0.15, -0.1) is 0 Å². The second kappa shape index (κ2) is 8.12. The molecule has 1 amide bonds. The fourth-order valence-corrected chi connectivity index (χ4v) is 3.59. The molecule has 0 aliphatic heterocycles. The van der Waals surface area contributed by atoms with Crippen LogP contribution in [0, 0.1) is 0 Å². The number of amides is 1. The van der Waals surface area contributed by atoms with Crippen LogP contribution in [0.3, 0.4) is 0 Å². The zero-order valence-electron chi connectivity index (χ0n) is 17.0. The molecular formula is C23H23BN4O2. The molecule has 0 aliphatic carbocycles. The molecule has 0 saturated carbocycles. The van der Waals surface area contributed by atoms with Crippen LogP contribution in [0.2, 0.25) is 0 Å². The second-order valence-corrected chi connectivity index (χ2v) is 7.67. The molecule has 2 aromatic heterocycles. The Labute approximate surface area is 175 Å². The van der Waals surface area contributed by atoms with E-state index in [1.165, 1.54) is 0 Å². The predicted octanol–water partition coefficient (Wildman–Crippen LogP) is 1.80. The number of nitrogens with two attached hydrogens (primary N) is 1. The zero-order valence-corrected chi connectivity index (χ0v) is 17.0. The molecule has 6 nitrogen and oxygen atoms in total. The predicted molar refractivity (Wildman–Crippen MR) is 119 cm³/mol. The van der Waals surface area contributed by atoms with Crippen molar-refractivity contribution in [2.24, 2.45) is 5.73 Å². The molecule has 4 aromatic rings. The molecule has 0 fully saturated rings. The minimum absolute atomic E-state index is 0.190. The van der Waals surface area contributed by atoms with Gasteiger partial charge < -0.3 is 15.3 Å². The van der Waals surface area contributed by atoms with Gasteiger partial charge in [0.05, 0.1) is 5.52 Å². The molecule has 0 aliphatic rings. The van der Waals surface area contributed by atoms with Gasteiger partial charge in [0, 0.05) is 12.5 Å². The van der Waals surface area contributed by atoms with Crippen LogP contribution < -0.4 is 16.7 Å². The molecule has 0 atom stereocenters. The molecule has 0 saturated heterocycles. The largest absolute Gasteiger partial charge is 0.443 e. The maximum absolute atomic E-state index is 11.5. The van der Waals surface area contributed by atoms with Gasteiger partial charge in [-0.05, 0) is 28.6 Å². The first-order chi connectivity index (χ1) is 14.4. The Morgan fingerprint density at radius 2 is 1.67 bits per heavy atom. The summed E-state index contributed by atoms with van der Waals surface area (Å²) in [6.45, 7) is 4.11. The molecule has 4 rings (SSSR count). The summed E-state index contributed by atoms with van der Waals surface area (Å²) in [5, 5.41) is 10.6. The molecule has 0 unspecified atom stereocenters. The molecule has 0 bridgehead atoms. The van der Waals surface area contributed by atoms with Crippen LogP contribution in [-0.2, 0) is 6.54 Å². The third kappa shape index (κ3) is 3.84. The van der Waals surface area contributed by atoms with E-state index in [1.807, 2.05) is 60.7 Å². The summed E-state index contributed by atoms with van der Waals surface area (Å²) in [5.41, 5.74) is 9.74. The number of hydrogen-bond donors (Lipinski definition) is 2. The van der Waals surface area contributed by atoms with Crippen molar-refractivity contribution in [3.8, 4) is 0 Å². The van der Waals surface area contributed by atoms with E-state index in [4.69, 9.17) is 5.73 Å². The molecule has 3 N–H and O–H groups in total.